The molecule has 0 atom stereocenters. The summed E-state index contributed by atoms with van der Waals surface area (Å²) in [6.07, 6.45) is 1.64. The van der Waals surface area contributed by atoms with Crippen LogP contribution in [0.5, 0.6) is 5.75 Å². The van der Waals surface area contributed by atoms with Gasteiger partial charge in [0.05, 0.1) is 0 Å². The van der Waals surface area contributed by atoms with E-state index < -0.39 is 0 Å². The molecule has 0 aliphatic heterocycles. The Balaban J connectivity index is 2.10. The second-order valence-corrected chi connectivity index (χ2v) is 3.78. The average Bonchev–Trinajstić information content (AvgIpc) is 2.38. The summed E-state index contributed by atoms with van der Waals surface area (Å²) >= 11 is 6.03. The van der Waals surface area contributed by atoms with Crippen LogP contribution >= 0.6 is 11.6 Å². The van der Waals surface area contributed by atoms with Gasteiger partial charge in [-0.2, -0.15) is 0 Å². The molecule has 2 aromatic rings. The molecule has 5 heteroatoms. The highest BCUT2D eigenvalue weighted by atomic mass is 35.5. The van der Waals surface area contributed by atoms with Crippen LogP contribution in [0, 0.1) is 0 Å². The molecule has 17 heavy (non-hydrogen) atoms. The third kappa shape index (κ3) is 2.87. The maximum Gasteiger partial charge on any atom is 0.182 e. The first kappa shape index (κ1) is 11.7. The predicted octanol–water partition coefficient (Wildman–Crippen LogP) is 2.60. The second-order valence-electron chi connectivity index (χ2n) is 3.37. The lowest BCUT2D eigenvalue weighted by Gasteiger charge is -2.10. The highest BCUT2D eigenvalue weighted by Gasteiger charge is 2.04. The number of halogens is 1. The Hall–Kier alpha value is -1.78. The van der Waals surface area contributed by atoms with Gasteiger partial charge in [-0.15, -0.1) is 0 Å². The molecule has 2 rings (SSSR count). The van der Waals surface area contributed by atoms with E-state index in [1.165, 1.54) is 0 Å². The number of hydrazine groups is 1. The van der Waals surface area contributed by atoms with E-state index >= 15 is 0 Å². The number of ether oxygens (including phenoxy) is 1. The molecule has 4 nitrogen and oxygen atoms in total. The third-order valence-electron chi connectivity index (χ3n) is 2.25. The van der Waals surface area contributed by atoms with Gasteiger partial charge in [-0.05, 0) is 18.2 Å². The number of nitrogens with zero attached hydrogens (tertiary/aromatic N) is 1. The number of aromatic nitrogens is 1. The van der Waals surface area contributed by atoms with Crippen LogP contribution < -0.4 is 16.0 Å². The van der Waals surface area contributed by atoms with Crippen LogP contribution in [0.1, 0.15) is 5.56 Å². The topological polar surface area (TPSA) is 60.2 Å². The van der Waals surface area contributed by atoms with E-state index in [0.717, 1.165) is 5.56 Å². The molecular formula is C12H12ClN3O. The smallest absolute Gasteiger partial charge is 0.182 e. The van der Waals surface area contributed by atoms with Crippen molar-refractivity contribution in [2.75, 3.05) is 5.43 Å². The van der Waals surface area contributed by atoms with Crippen LogP contribution in [0.25, 0.3) is 0 Å². The first-order chi connectivity index (χ1) is 8.31. The van der Waals surface area contributed by atoms with E-state index in [2.05, 4.69) is 10.4 Å². The lowest BCUT2D eigenvalue weighted by atomic mass is 10.2. The molecule has 0 saturated carbocycles. The molecule has 1 aromatic carbocycles. The molecule has 1 aromatic heterocycles. The van der Waals surface area contributed by atoms with Gasteiger partial charge >= 0.3 is 0 Å². The van der Waals surface area contributed by atoms with Gasteiger partial charge in [-0.25, -0.2) is 10.8 Å². The van der Waals surface area contributed by atoms with Crippen LogP contribution in [-0.2, 0) is 6.61 Å². The molecule has 0 fully saturated rings. The van der Waals surface area contributed by atoms with Gasteiger partial charge < -0.3 is 10.2 Å². The molecule has 0 spiro atoms. The second kappa shape index (κ2) is 5.52. The summed E-state index contributed by atoms with van der Waals surface area (Å²) in [7, 11) is 0. The van der Waals surface area contributed by atoms with E-state index in [4.69, 9.17) is 22.2 Å². The van der Waals surface area contributed by atoms with Crippen molar-refractivity contribution < 1.29 is 4.74 Å². The van der Waals surface area contributed by atoms with Gasteiger partial charge in [0, 0.05) is 16.8 Å². The number of nitrogens with one attached hydrogen (secondary N) is 1. The molecule has 3 N–H and O–H groups in total. The van der Waals surface area contributed by atoms with E-state index in [1.54, 1.807) is 18.3 Å². The number of hydrogen-bond donors (Lipinski definition) is 2. The minimum absolute atomic E-state index is 0.375. The van der Waals surface area contributed by atoms with Crippen molar-refractivity contribution in [1.29, 1.82) is 0 Å². The number of pyridine rings is 1. The fourth-order valence-corrected chi connectivity index (χ4v) is 1.58. The van der Waals surface area contributed by atoms with Crippen molar-refractivity contribution in [3.63, 3.8) is 0 Å². The first-order valence-electron chi connectivity index (χ1n) is 5.09. The van der Waals surface area contributed by atoms with Crippen LogP contribution in [0.2, 0.25) is 5.02 Å². The molecule has 0 aliphatic rings. The maximum absolute atomic E-state index is 6.03. The van der Waals surface area contributed by atoms with E-state index in [1.807, 2.05) is 24.3 Å². The SMILES string of the molecule is NNc1ncccc1OCc1ccccc1Cl. The van der Waals surface area contributed by atoms with Gasteiger partial charge in [0.25, 0.3) is 0 Å². The minimum atomic E-state index is 0.375. The monoisotopic (exact) mass is 249 g/mol. The predicted molar refractivity (Wildman–Crippen MR) is 67.8 cm³/mol. The molecule has 0 radical (unpaired) electrons. The highest BCUT2D eigenvalue weighted by molar-refractivity contribution is 6.31. The van der Waals surface area contributed by atoms with Gasteiger partial charge in [0.15, 0.2) is 11.6 Å². The highest BCUT2D eigenvalue weighted by Crippen LogP contribution is 2.22. The number of benzene rings is 1. The van der Waals surface area contributed by atoms with E-state index in [9.17, 15) is 0 Å². The zero-order valence-electron chi connectivity index (χ0n) is 9.06. The zero-order valence-corrected chi connectivity index (χ0v) is 9.82. The Kier molecular flexibility index (Phi) is 3.80. The Morgan fingerprint density at radius 1 is 1.24 bits per heavy atom. The summed E-state index contributed by atoms with van der Waals surface area (Å²) < 4.78 is 5.61. The number of hydrogen-bond acceptors (Lipinski definition) is 4. The van der Waals surface area contributed by atoms with Gasteiger partial charge in [-0.3, -0.25) is 0 Å². The number of nitrogens with two attached hydrogens (primary N) is 1. The van der Waals surface area contributed by atoms with Crippen LogP contribution in [0.3, 0.4) is 0 Å². The first-order valence-corrected chi connectivity index (χ1v) is 5.47. The van der Waals surface area contributed by atoms with Gasteiger partial charge in [-0.1, -0.05) is 29.8 Å². The summed E-state index contributed by atoms with van der Waals surface area (Å²) in [5, 5.41) is 0.679. The van der Waals surface area contributed by atoms with Gasteiger partial charge in [0.2, 0.25) is 0 Å². The van der Waals surface area contributed by atoms with Crippen molar-refractivity contribution in [3.8, 4) is 5.75 Å². The summed E-state index contributed by atoms with van der Waals surface area (Å²) in [6, 6.07) is 11.1. The van der Waals surface area contributed by atoms with Gasteiger partial charge in [0.1, 0.15) is 6.61 Å². The average molecular weight is 250 g/mol. The van der Waals surface area contributed by atoms with Crippen molar-refractivity contribution in [1.82, 2.24) is 4.98 Å². The Morgan fingerprint density at radius 3 is 2.82 bits per heavy atom. The maximum atomic E-state index is 6.03. The largest absolute Gasteiger partial charge is 0.485 e. The fourth-order valence-electron chi connectivity index (χ4n) is 1.39. The van der Waals surface area contributed by atoms with Crippen molar-refractivity contribution >= 4 is 17.4 Å². The molecular weight excluding hydrogens is 238 g/mol. The molecule has 1 heterocycles. The minimum Gasteiger partial charge on any atom is -0.485 e. The number of anilines is 1. The number of nitrogen functional groups attached to an aromatic ring is 1. The van der Waals surface area contributed by atoms with Crippen molar-refractivity contribution in [2.45, 2.75) is 6.61 Å². The normalized spacial score (nSPS) is 10.0. The fraction of sp³-hybridized carbons (Fsp3) is 0.0833. The summed E-state index contributed by atoms with van der Waals surface area (Å²) in [4.78, 5) is 4.04. The molecule has 88 valence electrons. The van der Waals surface area contributed by atoms with Crippen molar-refractivity contribution in [2.24, 2.45) is 5.84 Å². The molecule has 0 saturated heterocycles. The number of rotatable bonds is 4. The van der Waals surface area contributed by atoms with Crippen LogP contribution in [-0.4, -0.2) is 4.98 Å². The summed E-state index contributed by atoms with van der Waals surface area (Å²) in [5.41, 5.74) is 3.39. The Bertz CT molecular complexity index is 505. The van der Waals surface area contributed by atoms with Crippen LogP contribution in [0.4, 0.5) is 5.82 Å². The zero-order chi connectivity index (χ0) is 12.1. The lowest BCUT2D eigenvalue weighted by Crippen LogP contribution is -2.10. The molecule has 0 aliphatic carbocycles. The molecule has 0 amide bonds. The quantitative estimate of drug-likeness (QED) is 0.646. The Labute approximate surface area is 104 Å². The third-order valence-corrected chi connectivity index (χ3v) is 2.62. The molecule has 0 unspecified atom stereocenters. The van der Waals surface area contributed by atoms with Crippen molar-refractivity contribution in [3.05, 3.63) is 53.2 Å². The Morgan fingerprint density at radius 2 is 2.06 bits per heavy atom. The van der Waals surface area contributed by atoms with E-state index in [-0.39, 0.29) is 0 Å². The molecule has 0 bridgehead atoms. The van der Waals surface area contributed by atoms with Crippen LogP contribution in [0.15, 0.2) is 42.6 Å². The summed E-state index contributed by atoms with van der Waals surface area (Å²) in [5.74, 6) is 6.42. The standard InChI is InChI=1S/C12H12ClN3O/c13-10-5-2-1-4-9(10)8-17-11-6-3-7-15-12(11)16-14/h1-7H,8,14H2,(H,15,16). The summed E-state index contributed by atoms with van der Waals surface area (Å²) in [6.45, 7) is 0.375. The van der Waals surface area contributed by atoms with E-state index in [0.29, 0.717) is 23.2 Å². The lowest BCUT2D eigenvalue weighted by molar-refractivity contribution is 0.306.